The van der Waals surface area contributed by atoms with Gasteiger partial charge in [-0.15, -0.1) is 0 Å². The molecule has 0 spiro atoms. The van der Waals surface area contributed by atoms with Crippen molar-refractivity contribution in [2.75, 3.05) is 56.2 Å². The molecule has 2 heterocycles. The lowest BCUT2D eigenvalue weighted by molar-refractivity contribution is -0.139. The normalized spacial score (nSPS) is 19.1. The van der Waals surface area contributed by atoms with Gasteiger partial charge in [0.1, 0.15) is 11.6 Å². The summed E-state index contributed by atoms with van der Waals surface area (Å²) >= 11 is 0. The second kappa shape index (κ2) is 9.16. The SMILES string of the molecule is CCN1CCN(c2c(F)cc3c(c2OC)N(Cc2ccccc2)CC(C(=O)O)C3=O)CC1. The van der Waals surface area contributed by atoms with Crippen LogP contribution >= 0.6 is 0 Å². The van der Waals surface area contributed by atoms with Crippen LogP contribution in [-0.4, -0.2) is 68.1 Å². The summed E-state index contributed by atoms with van der Waals surface area (Å²) in [4.78, 5) is 30.9. The first-order valence-corrected chi connectivity index (χ1v) is 10.9. The minimum atomic E-state index is -1.26. The Morgan fingerprint density at radius 2 is 1.84 bits per heavy atom. The second-order valence-electron chi connectivity index (χ2n) is 8.18. The number of benzene rings is 2. The Labute approximate surface area is 187 Å². The topological polar surface area (TPSA) is 73.3 Å². The van der Waals surface area contributed by atoms with Crippen LogP contribution < -0.4 is 14.5 Å². The first-order valence-electron chi connectivity index (χ1n) is 10.9. The molecule has 2 aliphatic rings. The molecule has 1 atom stereocenters. The maximum Gasteiger partial charge on any atom is 0.316 e. The molecule has 2 aliphatic heterocycles. The van der Waals surface area contributed by atoms with Crippen LogP contribution in [0.4, 0.5) is 15.8 Å². The van der Waals surface area contributed by atoms with E-state index in [0.717, 1.165) is 25.2 Å². The van der Waals surface area contributed by atoms with Crippen molar-refractivity contribution in [1.82, 2.24) is 4.90 Å². The molecule has 1 saturated heterocycles. The van der Waals surface area contributed by atoms with Gasteiger partial charge >= 0.3 is 5.97 Å². The monoisotopic (exact) mass is 441 g/mol. The fourth-order valence-corrected chi connectivity index (χ4v) is 4.60. The Balaban J connectivity index is 1.81. The number of fused-ring (bicyclic) bond motifs is 1. The molecule has 8 heteroatoms. The third-order valence-corrected chi connectivity index (χ3v) is 6.34. The Hall–Kier alpha value is -3.13. The predicted molar refractivity (Wildman–Crippen MR) is 120 cm³/mol. The van der Waals surface area contributed by atoms with Crippen molar-refractivity contribution in [3.8, 4) is 5.75 Å². The zero-order chi connectivity index (χ0) is 22.8. The van der Waals surface area contributed by atoms with E-state index in [-0.39, 0.29) is 17.9 Å². The molecule has 0 bridgehead atoms. The molecule has 1 fully saturated rings. The molecule has 7 nitrogen and oxygen atoms in total. The summed E-state index contributed by atoms with van der Waals surface area (Å²) in [6, 6.07) is 10.8. The first kappa shape index (κ1) is 22.1. The van der Waals surface area contributed by atoms with E-state index in [2.05, 4.69) is 11.8 Å². The van der Waals surface area contributed by atoms with Gasteiger partial charge in [0.15, 0.2) is 17.3 Å². The van der Waals surface area contributed by atoms with Gasteiger partial charge in [0.25, 0.3) is 0 Å². The molecule has 2 aromatic rings. The van der Waals surface area contributed by atoms with Crippen LogP contribution in [0.15, 0.2) is 36.4 Å². The van der Waals surface area contributed by atoms with E-state index in [9.17, 15) is 14.7 Å². The maximum absolute atomic E-state index is 15.4. The molecule has 0 amide bonds. The average molecular weight is 442 g/mol. The van der Waals surface area contributed by atoms with Gasteiger partial charge in [-0.05, 0) is 18.2 Å². The van der Waals surface area contributed by atoms with Crippen LogP contribution in [0.25, 0.3) is 0 Å². The Kier molecular flexibility index (Phi) is 6.32. The van der Waals surface area contributed by atoms with Gasteiger partial charge in [-0.3, -0.25) is 9.59 Å². The van der Waals surface area contributed by atoms with Crippen LogP contribution in [0.1, 0.15) is 22.8 Å². The van der Waals surface area contributed by atoms with Crippen molar-refractivity contribution in [2.45, 2.75) is 13.5 Å². The highest BCUT2D eigenvalue weighted by Crippen LogP contribution is 2.46. The number of rotatable bonds is 6. The molecule has 170 valence electrons. The van der Waals surface area contributed by atoms with E-state index in [4.69, 9.17) is 4.74 Å². The number of hydrogen-bond acceptors (Lipinski definition) is 6. The van der Waals surface area contributed by atoms with E-state index in [1.54, 1.807) is 0 Å². The van der Waals surface area contributed by atoms with Gasteiger partial charge in [0.2, 0.25) is 0 Å². The van der Waals surface area contributed by atoms with Gasteiger partial charge in [-0.25, -0.2) is 4.39 Å². The fraction of sp³-hybridized carbons (Fsp3) is 0.417. The van der Waals surface area contributed by atoms with Crippen molar-refractivity contribution in [1.29, 1.82) is 0 Å². The summed E-state index contributed by atoms with van der Waals surface area (Å²) in [5, 5.41) is 9.64. The summed E-state index contributed by atoms with van der Waals surface area (Å²) in [6.07, 6.45) is 0. The number of halogens is 1. The van der Waals surface area contributed by atoms with E-state index < -0.39 is 23.5 Å². The number of carboxylic acid groups (broad SMARTS) is 1. The molecule has 4 rings (SSSR count). The highest BCUT2D eigenvalue weighted by atomic mass is 19.1. The lowest BCUT2D eigenvalue weighted by atomic mass is 9.89. The number of hydrogen-bond donors (Lipinski definition) is 1. The van der Waals surface area contributed by atoms with Gasteiger partial charge in [-0.2, -0.15) is 0 Å². The molecule has 0 aromatic heterocycles. The number of ether oxygens (including phenoxy) is 1. The highest BCUT2D eigenvalue weighted by Gasteiger charge is 2.40. The zero-order valence-corrected chi connectivity index (χ0v) is 18.4. The lowest BCUT2D eigenvalue weighted by Gasteiger charge is -2.39. The minimum absolute atomic E-state index is 0.00110. The number of likely N-dealkylation sites (N-methyl/N-ethyl adjacent to an activating group) is 1. The number of carbonyl (C=O) groups excluding carboxylic acids is 1. The number of nitrogens with zero attached hydrogens (tertiary/aromatic N) is 3. The molecule has 32 heavy (non-hydrogen) atoms. The van der Waals surface area contributed by atoms with E-state index >= 15 is 4.39 Å². The van der Waals surface area contributed by atoms with Gasteiger partial charge in [-0.1, -0.05) is 37.3 Å². The Morgan fingerprint density at radius 1 is 1.16 bits per heavy atom. The number of methoxy groups -OCH3 is 1. The maximum atomic E-state index is 15.4. The average Bonchev–Trinajstić information content (AvgIpc) is 2.80. The van der Waals surface area contributed by atoms with Crippen LogP contribution in [0, 0.1) is 11.7 Å². The van der Waals surface area contributed by atoms with Crippen molar-refractivity contribution in [3.05, 3.63) is 53.3 Å². The molecule has 0 aliphatic carbocycles. The van der Waals surface area contributed by atoms with Crippen LogP contribution in [0.2, 0.25) is 0 Å². The second-order valence-corrected chi connectivity index (χ2v) is 8.18. The van der Waals surface area contributed by atoms with Crippen LogP contribution in [0.5, 0.6) is 5.75 Å². The Morgan fingerprint density at radius 3 is 2.44 bits per heavy atom. The largest absolute Gasteiger partial charge is 0.492 e. The summed E-state index contributed by atoms with van der Waals surface area (Å²) in [6.45, 7) is 6.33. The molecule has 0 saturated carbocycles. The lowest BCUT2D eigenvalue weighted by Crippen LogP contribution is -2.47. The first-order chi connectivity index (χ1) is 15.4. The third kappa shape index (κ3) is 4.02. The number of ketones is 1. The van der Waals surface area contributed by atoms with Crippen molar-refractivity contribution < 1.29 is 23.8 Å². The standard InChI is InChI=1S/C24H28FN3O4/c1-3-26-9-11-27(12-10-26)21-19(25)13-17-20(23(21)32-2)28(14-16-7-5-4-6-8-16)15-18(22(17)29)24(30)31/h4-8,13,18H,3,9-12,14-15H2,1-2H3,(H,30,31). The quantitative estimate of drug-likeness (QED) is 0.691. The van der Waals surface area contributed by atoms with Crippen LogP contribution in [0.3, 0.4) is 0 Å². The zero-order valence-electron chi connectivity index (χ0n) is 18.4. The van der Waals surface area contributed by atoms with E-state index in [1.807, 2.05) is 40.1 Å². The summed E-state index contributed by atoms with van der Waals surface area (Å²) in [7, 11) is 1.47. The summed E-state index contributed by atoms with van der Waals surface area (Å²) < 4.78 is 21.1. The molecular weight excluding hydrogens is 413 g/mol. The van der Waals surface area contributed by atoms with Crippen molar-refractivity contribution in [2.24, 2.45) is 5.92 Å². The smallest absolute Gasteiger partial charge is 0.316 e. The molecule has 0 radical (unpaired) electrons. The van der Waals surface area contributed by atoms with Crippen LogP contribution in [-0.2, 0) is 11.3 Å². The molecule has 1 unspecified atom stereocenters. The molecular formula is C24H28FN3O4. The molecule has 2 aromatic carbocycles. The number of Topliss-reactive ketones (excluding diaryl/α,β-unsaturated/α-hetero) is 1. The Bertz CT molecular complexity index is 1010. The number of carbonyl (C=O) groups is 2. The number of aliphatic carboxylic acids is 1. The summed E-state index contributed by atoms with van der Waals surface area (Å²) in [5.41, 5.74) is 1.82. The van der Waals surface area contributed by atoms with Gasteiger partial charge in [0, 0.05) is 44.8 Å². The third-order valence-electron chi connectivity index (χ3n) is 6.34. The van der Waals surface area contributed by atoms with E-state index in [1.165, 1.54) is 13.2 Å². The fourth-order valence-electron chi connectivity index (χ4n) is 4.60. The van der Waals surface area contributed by atoms with Crippen molar-refractivity contribution in [3.63, 3.8) is 0 Å². The molecule has 1 N–H and O–H groups in total. The predicted octanol–water partition coefficient (Wildman–Crippen LogP) is 2.88. The number of anilines is 2. The number of piperazine rings is 1. The summed E-state index contributed by atoms with van der Waals surface area (Å²) in [5.74, 6) is -3.33. The van der Waals surface area contributed by atoms with Gasteiger partial charge < -0.3 is 24.5 Å². The number of carboxylic acids is 1. The highest BCUT2D eigenvalue weighted by molar-refractivity contribution is 6.14. The van der Waals surface area contributed by atoms with E-state index in [0.29, 0.717) is 31.0 Å². The van der Waals surface area contributed by atoms with Gasteiger partial charge in [0.05, 0.1) is 12.8 Å². The minimum Gasteiger partial charge on any atom is -0.492 e. The van der Waals surface area contributed by atoms with Crippen molar-refractivity contribution >= 4 is 23.1 Å².